The Kier molecular flexibility index (Phi) is 3.59. The third kappa shape index (κ3) is 2.58. The number of hydrogen-bond acceptors (Lipinski definition) is 1. The normalized spacial score (nSPS) is 22.6. The second kappa shape index (κ2) is 4.94. The van der Waals surface area contributed by atoms with Gasteiger partial charge in [0.05, 0.1) is 6.10 Å². The molecule has 2 heteroatoms. The summed E-state index contributed by atoms with van der Waals surface area (Å²) in [7, 11) is 0. The monoisotopic (exact) mass is 300 g/mol. The van der Waals surface area contributed by atoms with Gasteiger partial charge < -0.3 is 4.74 Å². The summed E-state index contributed by atoms with van der Waals surface area (Å²) >= 11 is 2.38. The van der Waals surface area contributed by atoms with E-state index < -0.39 is 0 Å². The van der Waals surface area contributed by atoms with E-state index in [9.17, 15) is 0 Å². The smallest absolute Gasteiger partial charge is 0.0770 e. The molecule has 1 aliphatic rings. The quantitative estimate of drug-likeness (QED) is 0.758. The number of halogens is 1. The molecule has 0 aromatic heterocycles. The Balaban J connectivity index is 2.10. The van der Waals surface area contributed by atoms with Crippen LogP contribution >= 0.6 is 22.6 Å². The first-order valence-electron chi connectivity index (χ1n) is 4.90. The highest BCUT2D eigenvalue weighted by Crippen LogP contribution is 2.25. The van der Waals surface area contributed by atoms with Gasteiger partial charge in [-0.2, -0.15) is 0 Å². The van der Waals surface area contributed by atoms with Gasteiger partial charge in [0.1, 0.15) is 0 Å². The lowest BCUT2D eigenvalue weighted by Crippen LogP contribution is -1.99. The van der Waals surface area contributed by atoms with Gasteiger partial charge in [-0.25, -0.2) is 0 Å². The molecule has 1 nitrogen and oxygen atoms in total. The van der Waals surface area contributed by atoms with Gasteiger partial charge in [0.25, 0.3) is 0 Å². The van der Waals surface area contributed by atoms with Crippen LogP contribution in [0.15, 0.2) is 36.4 Å². The van der Waals surface area contributed by atoms with E-state index in [1.807, 2.05) is 6.07 Å². The fraction of sp³-hybridized carbons (Fsp3) is 0.333. The van der Waals surface area contributed by atoms with E-state index in [4.69, 9.17) is 4.74 Å². The molecule has 0 bridgehead atoms. The summed E-state index contributed by atoms with van der Waals surface area (Å²) in [5, 5.41) is 0. The number of rotatable bonds is 2. The van der Waals surface area contributed by atoms with Gasteiger partial charge in [-0.3, -0.25) is 0 Å². The SMILES string of the molecule is I/C(=C/C1CCCO1)c1ccccc1. The summed E-state index contributed by atoms with van der Waals surface area (Å²) in [6.45, 7) is 0.917. The molecule has 0 spiro atoms. The first-order valence-corrected chi connectivity index (χ1v) is 5.98. The molecule has 0 amide bonds. The Bertz CT molecular complexity index is 312. The minimum Gasteiger partial charge on any atom is -0.374 e. The molecule has 2 rings (SSSR count). The van der Waals surface area contributed by atoms with Crippen molar-refractivity contribution in [1.29, 1.82) is 0 Å². The average molecular weight is 300 g/mol. The van der Waals surface area contributed by atoms with Crippen LogP contribution in [0, 0.1) is 0 Å². The molecule has 1 aromatic carbocycles. The van der Waals surface area contributed by atoms with Gasteiger partial charge >= 0.3 is 0 Å². The van der Waals surface area contributed by atoms with Crippen molar-refractivity contribution in [1.82, 2.24) is 0 Å². The predicted octanol–water partition coefficient (Wildman–Crippen LogP) is 3.64. The summed E-state index contributed by atoms with van der Waals surface area (Å²) < 4.78 is 6.85. The Morgan fingerprint density at radius 1 is 1.36 bits per heavy atom. The predicted molar refractivity (Wildman–Crippen MR) is 67.4 cm³/mol. The molecule has 74 valence electrons. The highest BCUT2D eigenvalue weighted by atomic mass is 127. The van der Waals surface area contributed by atoms with E-state index >= 15 is 0 Å². The van der Waals surface area contributed by atoms with Crippen molar-refractivity contribution >= 4 is 26.2 Å². The highest BCUT2D eigenvalue weighted by Gasteiger charge is 2.13. The fourth-order valence-corrected chi connectivity index (χ4v) is 2.35. The minimum absolute atomic E-state index is 0.335. The molecular weight excluding hydrogens is 287 g/mol. The van der Waals surface area contributed by atoms with Crippen molar-refractivity contribution in [3.8, 4) is 0 Å². The molecule has 0 saturated carbocycles. The largest absolute Gasteiger partial charge is 0.374 e. The molecule has 14 heavy (non-hydrogen) atoms. The summed E-state index contributed by atoms with van der Waals surface area (Å²) in [5.41, 5.74) is 1.28. The van der Waals surface area contributed by atoms with Gasteiger partial charge in [0.15, 0.2) is 0 Å². The van der Waals surface area contributed by atoms with E-state index in [1.54, 1.807) is 0 Å². The van der Waals surface area contributed by atoms with Crippen LogP contribution in [0.1, 0.15) is 18.4 Å². The van der Waals surface area contributed by atoms with Crippen LogP contribution < -0.4 is 0 Å². The number of ether oxygens (including phenoxy) is 1. The van der Waals surface area contributed by atoms with Crippen LogP contribution in [0.4, 0.5) is 0 Å². The van der Waals surface area contributed by atoms with E-state index in [1.165, 1.54) is 22.0 Å². The second-order valence-corrected chi connectivity index (χ2v) is 4.59. The zero-order valence-electron chi connectivity index (χ0n) is 7.95. The molecule has 1 aromatic rings. The molecule has 0 radical (unpaired) electrons. The van der Waals surface area contributed by atoms with Crippen molar-refractivity contribution in [2.45, 2.75) is 18.9 Å². The summed E-state index contributed by atoms with van der Waals surface area (Å²) in [6.07, 6.45) is 4.92. The van der Waals surface area contributed by atoms with Gasteiger partial charge in [-0.15, -0.1) is 0 Å². The van der Waals surface area contributed by atoms with Crippen LogP contribution in [0.5, 0.6) is 0 Å². The summed E-state index contributed by atoms with van der Waals surface area (Å²) in [5.74, 6) is 0. The number of hydrogen-bond donors (Lipinski definition) is 0. The molecule has 1 fully saturated rings. The zero-order valence-corrected chi connectivity index (χ0v) is 10.1. The van der Waals surface area contributed by atoms with Crippen molar-refractivity contribution < 1.29 is 4.74 Å². The lowest BCUT2D eigenvalue weighted by atomic mass is 10.1. The number of benzene rings is 1. The Labute approximate surface area is 98.3 Å². The molecule has 1 saturated heterocycles. The average Bonchev–Trinajstić information content (AvgIpc) is 2.72. The van der Waals surface area contributed by atoms with Gasteiger partial charge in [0.2, 0.25) is 0 Å². The van der Waals surface area contributed by atoms with Crippen LogP contribution in [0.3, 0.4) is 0 Å². The van der Waals surface area contributed by atoms with E-state index in [-0.39, 0.29) is 0 Å². The van der Waals surface area contributed by atoms with E-state index in [0.29, 0.717) is 6.10 Å². The van der Waals surface area contributed by atoms with Crippen molar-refractivity contribution in [3.63, 3.8) is 0 Å². The molecular formula is C12H13IO. The molecule has 1 atom stereocenters. The van der Waals surface area contributed by atoms with E-state index in [0.717, 1.165) is 6.61 Å². The van der Waals surface area contributed by atoms with E-state index in [2.05, 4.69) is 52.9 Å². The summed E-state index contributed by atoms with van der Waals surface area (Å²) in [6, 6.07) is 10.4. The van der Waals surface area contributed by atoms with Crippen molar-refractivity contribution in [3.05, 3.63) is 42.0 Å². The highest BCUT2D eigenvalue weighted by molar-refractivity contribution is 14.1. The molecule has 0 aliphatic carbocycles. The van der Waals surface area contributed by atoms with Crippen molar-refractivity contribution in [2.75, 3.05) is 6.61 Å². The fourth-order valence-electron chi connectivity index (χ4n) is 1.59. The first-order chi connectivity index (χ1) is 6.86. The maximum Gasteiger partial charge on any atom is 0.0770 e. The zero-order chi connectivity index (χ0) is 9.80. The first kappa shape index (κ1) is 10.2. The van der Waals surface area contributed by atoms with Gasteiger partial charge in [-0.05, 0) is 47.1 Å². The summed E-state index contributed by atoms with van der Waals surface area (Å²) in [4.78, 5) is 0. The molecule has 1 heterocycles. The Morgan fingerprint density at radius 3 is 2.79 bits per heavy atom. The third-order valence-corrected chi connectivity index (χ3v) is 3.33. The third-order valence-electron chi connectivity index (χ3n) is 2.35. The maximum atomic E-state index is 5.56. The van der Waals surface area contributed by atoms with Crippen LogP contribution in [-0.4, -0.2) is 12.7 Å². The lowest BCUT2D eigenvalue weighted by molar-refractivity contribution is 0.146. The van der Waals surface area contributed by atoms with Crippen LogP contribution in [0.2, 0.25) is 0 Å². The van der Waals surface area contributed by atoms with Gasteiger partial charge in [-0.1, -0.05) is 30.3 Å². The van der Waals surface area contributed by atoms with Crippen LogP contribution in [0.25, 0.3) is 3.58 Å². The topological polar surface area (TPSA) is 9.23 Å². The molecule has 0 N–H and O–H groups in total. The Hall–Kier alpha value is -0.350. The molecule has 1 unspecified atom stereocenters. The maximum absolute atomic E-state index is 5.56. The second-order valence-electron chi connectivity index (χ2n) is 3.43. The standard InChI is InChI=1S/C12H13IO/c13-12(9-11-7-4-8-14-11)10-5-2-1-3-6-10/h1-3,5-6,9,11H,4,7-8H2/b12-9+. The minimum atomic E-state index is 0.335. The van der Waals surface area contributed by atoms with Crippen molar-refractivity contribution in [2.24, 2.45) is 0 Å². The Morgan fingerprint density at radius 2 is 2.14 bits per heavy atom. The lowest BCUT2D eigenvalue weighted by Gasteiger charge is -2.05. The van der Waals surface area contributed by atoms with Crippen LogP contribution in [-0.2, 0) is 4.74 Å². The van der Waals surface area contributed by atoms with Gasteiger partial charge in [0, 0.05) is 10.2 Å². The molecule has 1 aliphatic heterocycles.